The number of ether oxygens (including phenoxy) is 2. The van der Waals surface area contributed by atoms with E-state index in [1.807, 2.05) is 0 Å². The number of methoxy groups -OCH3 is 2. The topological polar surface area (TPSA) is 64.6 Å². The molecule has 0 radical (unpaired) electrons. The van der Waals surface area contributed by atoms with Crippen molar-refractivity contribution in [1.29, 1.82) is 0 Å². The fraction of sp³-hybridized carbons (Fsp3) is 0.300. The lowest BCUT2D eigenvalue weighted by atomic mass is 10.0. The minimum absolute atomic E-state index is 0.0492. The molecule has 0 aromatic heterocycles. The third-order valence-corrected chi connectivity index (χ3v) is 4.81. The summed E-state index contributed by atoms with van der Waals surface area (Å²) < 4.78 is 47.7. The van der Waals surface area contributed by atoms with Gasteiger partial charge in [0.2, 0.25) is 0 Å². The summed E-state index contributed by atoms with van der Waals surface area (Å²) in [6.45, 7) is 0.0492. The van der Waals surface area contributed by atoms with Gasteiger partial charge in [-0.2, -0.15) is 13.2 Å². The highest BCUT2D eigenvalue weighted by molar-refractivity contribution is 9.10. The van der Waals surface area contributed by atoms with Crippen molar-refractivity contribution in [2.75, 3.05) is 14.2 Å². The predicted octanol–water partition coefficient (Wildman–Crippen LogP) is 4.12. The molecule has 2 aromatic rings. The van der Waals surface area contributed by atoms with E-state index in [0.717, 1.165) is 12.1 Å². The van der Waals surface area contributed by atoms with Crippen molar-refractivity contribution in [3.8, 4) is 5.75 Å². The van der Waals surface area contributed by atoms with Crippen LogP contribution in [0.15, 0.2) is 42.5 Å². The second-order valence-electron chi connectivity index (χ2n) is 6.11. The molecule has 0 aliphatic carbocycles. The molecule has 5 nitrogen and oxygen atoms in total. The van der Waals surface area contributed by atoms with Gasteiger partial charge in [0, 0.05) is 6.54 Å². The van der Waals surface area contributed by atoms with E-state index in [9.17, 15) is 22.8 Å². The zero-order chi connectivity index (χ0) is 21.6. The molecule has 0 spiro atoms. The number of carbonyl (C=O) groups excluding carboxylic acids is 2. The van der Waals surface area contributed by atoms with Crippen LogP contribution in [0.1, 0.15) is 27.0 Å². The Morgan fingerprint density at radius 3 is 2.24 bits per heavy atom. The normalized spacial score (nSPS) is 12.2. The Bertz CT molecular complexity index is 869. The first kappa shape index (κ1) is 22.7. The van der Waals surface area contributed by atoms with Crippen LogP contribution in [0.3, 0.4) is 0 Å². The first-order chi connectivity index (χ1) is 13.7. The second kappa shape index (κ2) is 9.78. The largest absolute Gasteiger partial charge is 0.496 e. The molecule has 0 aliphatic heterocycles. The lowest BCUT2D eigenvalue weighted by molar-refractivity contribution is -0.140. The molecule has 2 rings (SSSR count). The third-order valence-electron chi connectivity index (χ3n) is 4.11. The van der Waals surface area contributed by atoms with Crippen molar-refractivity contribution in [3.05, 3.63) is 64.7 Å². The minimum Gasteiger partial charge on any atom is -0.496 e. The number of amides is 1. The van der Waals surface area contributed by atoms with Crippen molar-refractivity contribution < 1.29 is 32.2 Å². The molecule has 156 valence electrons. The van der Waals surface area contributed by atoms with E-state index in [2.05, 4.69) is 26.0 Å². The van der Waals surface area contributed by atoms with Gasteiger partial charge in [0.1, 0.15) is 10.6 Å². The molecule has 0 fully saturated rings. The van der Waals surface area contributed by atoms with Crippen molar-refractivity contribution in [2.24, 2.45) is 0 Å². The van der Waals surface area contributed by atoms with Crippen LogP contribution in [-0.4, -0.2) is 30.9 Å². The van der Waals surface area contributed by atoms with Crippen molar-refractivity contribution >= 4 is 27.8 Å². The van der Waals surface area contributed by atoms with Gasteiger partial charge in [-0.1, -0.05) is 34.1 Å². The molecular formula is C20H19BrF3NO4. The molecule has 0 saturated carbocycles. The van der Waals surface area contributed by atoms with Crippen molar-refractivity contribution in [1.82, 2.24) is 5.32 Å². The van der Waals surface area contributed by atoms with Crippen LogP contribution in [0.2, 0.25) is 0 Å². The zero-order valence-electron chi connectivity index (χ0n) is 15.7. The summed E-state index contributed by atoms with van der Waals surface area (Å²) in [6, 6.07) is 9.47. The molecule has 1 atom stereocenters. The second-order valence-corrected chi connectivity index (χ2v) is 7.21. The lowest BCUT2D eigenvalue weighted by Gasteiger charge is -2.13. The van der Waals surface area contributed by atoms with Crippen LogP contribution >= 0.6 is 15.9 Å². The number of halogens is 4. The number of hydrogen-bond acceptors (Lipinski definition) is 4. The predicted molar refractivity (Wildman–Crippen MR) is 104 cm³/mol. The third kappa shape index (κ3) is 6.22. The van der Waals surface area contributed by atoms with Gasteiger partial charge in [0.15, 0.2) is 0 Å². The summed E-state index contributed by atoms with van der Waals surface area (Å²) in [5.74, 6) is -0.551. The van der Waals surface area contributed by atoms with E-state index in [4.69, 9.17) is 4.74 Å². The monoisotopic (exact) mass is 473 g/mol. The van der Waals surface area contributed by atoms with Gasteiger partial charge in [-0.15, -0.1) is 0 Å². The zero-order valence-corrected chi connectivity index (χ0v) is 17.3. The van der Waals surface area contributed by atoms with Gasteiger partial charge in [0.05, 0.1) is 25.3 Å². The minimum atomic E-state index is -4.41. The Hall–Kier alpha value is -2.55. The van der Waals surface area contributed by atoms with Crippen LogP contribution in [-0.2, 0) is 28.7 Å². The van der Waals surface area contributed by atoms with Crippen LogP contribution in [0.5, 0.6) is 5.75 Å². The summed E-state index contributed by atoms with van der Waals surface area (Å²) in [6.07, 6.45) is -4.11. The van der Waals surface area contributed by atoms with Crippen LogP contribution in [0, 0.1) is 0 Å². The smallest absolute Gasteiger partial charge is 0.416 e. The Morgan fingerprint density at radius 1 is 1.07 bits per heavy atom. The highest BCUT2D eigenvalue weighted by Crippen LogP contribution is 2.29. The van der Waals surface area contributed by atoms with E-state index in [-0.39, 0.29) is 12.1 Å². The number of benzene rings is 2. The maximum Gasteiger partial charge on any atom is 0.416 e. The number of carbonyl (C=O) groups is 2. The van der Waals surface area contributed by atoms with E-state index >= 15 is 0 Å². The molecule has 1 amide bonds. The summed E-state index contributed by atoms with van der Waals surface area (Å²) in [7, 11) is 2.70. The molecule has 9 heteroatoms. The van der Waals surface area contributed by atoms with Crippen LogP contribution in [0.25, 0.3) is 0 Å². The van der Waals surface area contributed by atoms with E-state index in [0.29, 0.717) is 23.3 Å². The van der Waals surface area contributed by atoms with Crippen molar-refractivity contribution in [3.63, 3.8) is 0 Å². The maximum absolute atomic E-state index is 12.6. The fourth-order valence-electron chi connectivity index (χ4n) is 2.57. The summed E-state index contributed by atoms with van der Waals surface area (Å²) in [4.78, 5) is 23.6. The van der Waals surface area contributed by atoms with E-state index in [1.54, 1.807) is 18.2 Å². The van der Waals surface area contributed by atoms with Crippen LogP contribution in [0.4, 0.5) is 13.2 Å². The first-order valence-corrected chi connectivity index (χ1v) is 9.40. The molecule has 2 aromatic carbocycles. The Labute approximate surface area is 174 Å². The lowest BCUT2D eigenvalue weighted by Crippen LogP contribution is -2.24. The van der Waals surface area contributed by atoms with Crippen LogP contribution < -0.4 is 10.1 Å². The van der Waals surface area contributed by atoms with Gasteiger partial charge in [-0.25, -0.2) is 0 Å². The molecule has 0 aliphatic rings. The average Bonchev–Trinajstić information content (AvgIpc) is 2.70. The molecular weight excluding hydrogens is 455 g/mol. The standard InChI is InChI=1S/C20H19BrF3NO4/c1-28-17-8-5-13(10-16(21)19(27)29-2)9-15(17)18(26)25-11-12-3-6-14(7-4-12)20(22,23)24/h3-9,16H,10-11H2,1-2H3,(H,25,26). The molecule has 0 heterocycles. The quantitative estimate of drug-likeness (QED) is 0.485. The number of esters is 1. The molecule has 29 heavy (non-hydrogen) atoms. The summed E-state index contributed by atoms with van der Waals surface area (Å²) >= 11 is 3.23. The highest BCUT2D eigenvalue weighted by atomic mass is 79.9. The van der Waals surface area contributed by atoms with Crippen molar-refractivity contribution in [2.45, 2.75) is 24.0 Å². The fourth-order valence-corrected chi connectivity index (χ4v) is 3.13. The number of rotatable bonds is 7. The highest BCUT2D eigenvalue weighted by Gasteiger charge is 2.29. The SMILES string of the molecule is COC(=O)C(Br)Cc1ccc(OC)c(C(=O)NCc2ccc(C(F)(F)F)cc2)c1. The summed E-state index contributed by atoms with van der Waals surface area (Å²) in [5, 5.41) is 2.66. The maximum atomic E-state index is 12.6. The number of hydrogen-bond donors (Lipinski definition) is 1. The number of nitrogens with one attached hydrogen (secondary N) is 1. The van der Waals surface area contributed by atoms with Gasteiger partial charge in [0.25, 0.3) is 5.91 Å². The average molecular weight is 474 g/mol. The van der Waals surface area contributed by atoms with Gasteiger partial charge in [-0.05, 0) is 41.8 Å². The Kier molecular flexibility index (Phi) is 7.66. The van der Waals surface area contributed by atoms with E-state index in [1.165, 1.54) is 26.4 Å². The van der Waals surface area contributed by atoms with Gasteiger partial charge < -0.3 is 14.8 Å². The molecule has 0 bridgehead atoms. The molecule has 1 unspecified atom stereocenters. The molecule has 0 saturated heterocycles. The Morgan fingerprint density at radius 2 is 1.69 bits per heavy atom. The van der Waals surface area contributed by atoms with Gasteiger partial charge in [-0.3, -0.25) is 9.59 Å². The first-order valence-electron chi connectivity index (χ1n) is 8.49. The summed E-state index contributed by atoms with van der Waals surface area (Å²) in [5.41, 5.74) is 0.726. The molecule has 1 N–H and O–H groups in total. The van der Waals surface area contributed by atoms with Gasteiger partial charge >= 0.3 is 12.1 Å². The number of alkyl halides is 4. The van der Waals surface area contributed by atoms with E-state index < -0.39 is 28.4 Å². The Balaban J connectivity index is 2.10.